The van der Waals surface area contributed by atoms with E-state index in [0.29, 0.717) is 12.1 Å². The van der Waals surface area contributed by atoms with Crippen LogP contribution in [0.4, 0.5) is 4.39 Å². The van der Waals surface area contributed by atoms with Crippen LogP contribution in [0.1, 0.15) is 22.5 Å². The van der Waals surface area contributed by atoms with Gasteiger partial charge in [0.1, 0.15) is 5.82 Å². The van der Waals surface area contributed by atoms with Crippen molar-refractivity contribution in [2.45, 2.75) is 26.9 Å². The third-order valence-electron chi connectivity index (χ3n) is 3.18. The molecule has 1 aromatic carbocycles. The topological polar surface area (TPSA) is 29.9 Å². The lowest BCUT2D eigenvalue weighted by atomic mass is 10.1. The van der Waals surface area contributed by atoms with Crippen molar-refractivity contribution in [1.82, 2.24) is 14.9 Å². The van der Waals surface area contributed by atoms with E-state index in [1.54, 1.807) is 12.4 Å². The number of aromatic nitrogens is 2. The first-order valence-corrected chi connectivity index (χ1v) is 6.02. The SMILES string of the molecule is CNCc1ccc(F)c(Cn2cnc(C)c2C)c1. The maximum Gasteiger partial charge on any atom is 0.128 e. The van der Waals surface area contributed by atoms with Crippen LogP contribution in [0.5, 0.6) is 0 Å². The molecule has 0 fully saturated rings. The molecule has 0 spiro atoms. The average molecular weight is 247 g/mol. The van der Waals surface area contributed by atoms with Crippen molar-refractivity contribution in [2.75, 3.05) is 7.05 Å². The van der Waals surface area contributed by atoms with Crippen molar-refractivity contribution >= 4 is 0 Å². The molecule has 0 aliphatic rings. The molecule has 96 valence electrons. The highest BCUT2D eigenvalue weighted by Crippen LogP contribution is 2.14. The van der Waals surface area contributed by atoms with Crippen LogP contribution in [-0.2, 0) is 13.1 Å². The number of imidazole rings is 1. The number of hydrogen-bond donors (Lipinski definition) is 1. The minimum atomic E-state index is -0.166. The van der Waals surface area contributed by atoms with E-state index in [2.05, 4.69) is 10.3 Å². The van der Waals surface area contributed by atoms with E-state index in [0.717, 1.165) is 23.5 Å². The van der Waals surface area contributed by atoms with Gasteiger partial charge in [-0.2, -0.15) is 0 Å². The highest BCUT2D eigenvalue weighted by atomic mass is 19.1. The van der Waals surface area contributed by atoms with Crippen LogP contribution in [0.2, 0.25) is 0 Å². The molecule has 18 heavy (non-hydrogen) atoms. The minimum Gasteiger partial charge on any atom is -0.330 e. The highest BCUT2D eigenvalue weighted by Gasteiger charge is 2.07. The Morgan fingerprint density at radius 2 is 2.11 bits per heavy atom. The third-order valence-corrected chi connectivity index (χ3v) is 3.18. The van der Waals surface area contributed by atoms with Gasteiger partial charge in [-0.05, 0) is 38.6 Å². The fourth-order valence-corrected chi connectivity index (χ4v) is 1.95. The van der Waals surface area contributed by atoms with Gasteiger partial charge in [-0.1, -0.05) is 6.07 Å². The molecule has 2 rings (SSSR count). The number of nitrogens with zero attached hydrogens (tertiary/aromatic N) is 2. The Labute approximate surface area is 107 Å². The summed E-state index contributed by atoms with van der Waals surface area (Å²) < 4.78 is 15.7. The maximum atomic E-state index is 13.8. The van der Waals surface area contributed by atoms with E-state index in [-0.39, 0.29) is 5.82 Å². The number of hydrogen-bond acceptors (Lipinski definition) is 2. The average Bonchev–Trinajstić information content (AvgIpc) is 2.66. The molecule has 2 aromatic rings. The quantitative estimate of drug-likeness (QED) is 0.899. The smallest absolute Gasteiger partial charge is 0.128 e. The highest BCUT2D eigenvalue weighted by molar-refractivity contribution is 5.26. The van der Waals surface area contributed by atoms with Gasteiger partial charge in [0.2, 0.25) is 0 Å². The van der Waals surface area contributed by atoms with E-state index in [1.807, 2.05) is 31.5 Å². The van der Waals surface area contributed by atoms with Gasteiger partial charge >= 0.3 is 0 Å². The second kappa shape index (κ2) is 5.31. The molecule has 4 heteroatoms. The van der Waals surface area contributed by atoms with Crippen LogP contribution in [-0.4, -0.2) is 16.6 Å². The monoisotopic (exact) mass is 247 g/mol. The molecule has 1 aromatic heterocycles. The molecule has 0 unspecified atom stereocenters. The van der Waals surface area contributed by atoms with Crippen LogP contribution in [0.15, 0.2) is 24.5 Å². The first kappa shape index (κ1) is 12.8. The predicted molar refractivity (Wildman–Crippen MR) is 70.0 cm³/mol. The summed E-state index contributed by atoms with van der Waals surface area (Å²) >= 11 is 0. The Balaban J connectivity index is 2.27. The molecule has 3 nitrogen and oxygen atoms in total. The Kier molecular flexibility index (Phi) is 3.77. The summed E-state index contributed by atoms with van der Waals surface area (Å²) in [7, 11) is 1.88. The number of halogens is 1. The van der Waals surface area contributed by atoms with Crippen molar-refractivity contribution in [2.24, 2.45) is 0 Å². The first-order chi connectivity index (χ1) is 8.61. The summed E-state index contributed by atoms with van der Waals surface area (Å²) in [5.41, 5.74) is 3.85. The van der Waals surface area contributed by atoms with Crippen molar-refractivity contribution in [3.63, 3.8) is 0 Å². The van der Waals surface area contributed by atoms with Gasteiger partial charge < -0.3 is 9.88 Å². The Bertz CT molecular complexity index is 546. The summed E-state index contributed by atoms with van der Waals surface area (Å²) in [5.74, 6) is -0.166. The lowest BCUT2D eigenvalue weighted by molar-refractivity contribution is 0.595. The molecular formula is C14H18FN3. The van der Waals surface area contributed by atoms with Crippen molar-refractivity contribution in [3.05, 3.63) is 52.9 Å². The first-order valence-electron chi connectivity index (χ1n) is 6.02. The lowest BCUT2D eigenvalue weighted by Gasteiger charge is -2.09. The maximum absolute atomic E-state index is 13.8. The fraction of sp³-hybridized carbons (Fsp3) is 0.357. The molecule has 0 atom stereocenters. The Hall–Kier alpha value is -1.68. The van der Waals surface area contributed by atoms with Gasteiger partial charge in [-0.15, -0.1) is 0 Å². The van der Waals surface area contributed by atoms with Crippen LogP contribution in [0.3, 0.4) is 0 Å². The van der Waals surface area contributed by atoms with E-state index >= 15 is 0 Å². The number of nitrogens with one attached hydrogen (secondary N) is 1. The zero-order chi connectivity index (χ0) is 13.1. The molecule has 0 amide bonds. The van der Waals surface area contributed by atoms with Gasteiger partial charge in [-0.3, -0.25) is 0 Å². The minimum absolute atomic E-state index is 0.166. The largest absolute Gasteiger partial charge is 0.330 e. The summed E-state index contributed by atoms with van der Waals surface area (Å²) in [5, 5.41) is 3.07. The normalized spacial score (nSPS) is 10.9. The lowest BCUT2D eigenvalue weighted by Crippen LogP contribution is -2.08. The fourth-order valence-electron chi connectivity index (χ4n) is 1.95. The third kappa shape index (κ3) is 2.59. The predicted octanol–water partition coefficient (Wildman–Crippen LogP) is 2.41. The van der Waals surface area contributed by atoms with Crippen molar-refractivity contribution in [3.8, 4) is 0 Å². The molecule has 1 heterocycles. The zero-order valence-electron chi connectivity index (χ0n) is 11.0. The summed E-state index contributed by atoms with van der Waals surface area (Å²) in [4.78, 5) is 4.23. The van der Waals surface area contributed by atoms with Gasteiger partial charge in [0, 0.05) is 17.8 Å². The van der Waals surface area contributed by atoms with Gasteiger partial charge in [0.15, 0.2) is 0 Å². The van der Waals surface area contributed by atoms with Crippen LogP contribution in [0.25, 0.3) is 0 Å². The van der Waals surface area contributed by atoms with Crippen LogP contribution >= 0.6 is 0 Å². The second-order valence-electron chi connectivity index (χ2n) is 4.50. The molecule has 0 aliphatic heterocycles. The molecule has 0 saturated carbocycles. The summed E-state index contributed by atoms with van der Waals surface area (Å²) in [6.45, 7) is 5.22. The van der Waals surface area contributed by atoms with Gasteiger partial charge in [0.25, 0.3) is 0 Å². The van der Waals surface area contributed by atoms with Crippen molar-refractivity contribution in [1.29, 1.82) is 0 Å². The second-order valence-corrected chi connectivity index (χ2v) is 4.50. The van der Waals surface area contributed by atoms with Gasteiger partial charge in [-0.25, -0.2) is 9.37 Å². The molecular weight excluding hydrogens is 229 g/mol. The zero-order valence-corrected chi connectivity index (χ0v) is 11.0. The molecule has 0 aliphatic carbocycles. The van der Waals surface area contributed by atoms with Gasteiger partial charge in [0.05, 0.1) is 18.6 Å². The van der Waals surface area contributed by atoms with E-state index in [9.17, 15) is 4.39 Å². The summed E-state index contributed by atoms with van der Waals surface area (Å²) in [6.07, 6.45) is 1.76. The Morgan fingerprint density at radius 1 is 1.33 bits per heavy atom. The van der Waals surface area contributed by atoms with E-state index in [4.69, 9.17) is 0 Å². The van der Waals surface area contributed by atoms with E-state index in [1.165, 1.54) is 6.07 Å². The summed E-state index contributed by atoms with van der Waals surface area (Å²) in [6, 6.07) is 5.24. The number of benzene rings is 1. The van der Waals surface area contributed by atoms with E-state index < -0.39 is 0 Å². The number of aryl methyl sites for hydroxylation is 1. The Morgan fingerprint density at radius 3 is 2.72 bits per heavy atom. The molecule has 0 radical (unpaired) electrons. The van der Waals surface area contributed by atoms with Crippen LogP contribution < -0.4 is 5.32 Å². The molecule has 1 N–H and O–H groups in total. The van der Waals surface area contributed by atoms with Crippen LogP contribution in [0, 0.1) is 19.7 Å². The standard InChI is InChI=1S/C14H18FN3/c1-10-11(2)18(9-17-10)8-13-6-12(7-16-3)4-5-14(13)15/h4-6,9,16H,7-8H2,1-3H3. The molecule has 0 bridgehead atoms. The van der Waals surface area contributed by atoms with Crippen molar-refractivity contribution < 1.29 is 4.39 Å². The molecule has 0 saturated heterocycles. The number of rotatable bonds is 4.